The van der Waals surface area contributed by atoms with Crippen molar-refractivity contribution in [3.63, 3.8) is 0 Å². The quantitative estimate of drug-likeness (QED) is 0.623. The maximum absolute atomic E-state index is 11.9. The van der Waals surface area contributed by atoms with E-state index in [1.54, 1.807) is 0 Å². The molecule has 1 rings (SSSR count). The van der Waals surface area contributed by atoms with Gasteiger partial charge < -0.3 is 9.84 Å². The van der Waals surface area contributed by atoms with Crippen LogP contribution < -0.4 is 4.72 Å². The summed E-state index contributed by atoms with van der Waals surface area (Å²) in [6.07, 6.45) is 3.35. The molecule has 0 fully saturated rings. The zero-order valence-electron chi connectivity index (χ0n) is 11.2. The lowest BCUT2D eigenvalue weighted by atomic mass is 10.5. The van der Waals surface area contributed by atoms with Crippen molar-refractivity contribution in [1.29, 1.82) is 0 Å². The summed E-state index contributed by atoms with van der Waals surface area (Å²) in [5.74, 6) is 0. The van der Waals surface area contributed by atoms with Crippen molar-refractivity contribution in [3.8, 4) is 0 Å². The zero-order valence-corrected chi connectivity index (χ0v) is 12.1. The Bertz CT molecular complexity index is 470. The highest BCUT2D eigenvalue weighted by Crippen LogP contribution is 2.06. The predicted molar refractivity (Wildman–Crippen MR) is 70.2 cm³/mol. The monoisotopic (exact) mass is 291 g/mol. The Balaban J connectivity index is 2.50. The Morgan fingerprint density at radius 2 is 2.26 bits per heavy atom. The van der Waals surface area contributed by atoms with E-state index in [4.69, 9.17) is 9.84 Å². The van der Waals surface area contributed by atoms with Crippen LogP contribution in [0.15, 0.2) is 17.3 Å². The summed E-state index contributed by atoms with van der Waals surface area (Å²) < 4.78 is 33.0. The zero-order chi connectivity index (χ0) is 14.3. The SMILES string of the molecule is CC(C)OCCNS(=O)(=O)c1cnn(CCCO)c1. The molecule has 0 saturated carbocycles. The average molecular weight is 291 g/mol. The van der Waals surface area contributed by atoms with Crippen LogP contribution in [-0.2, 0) is 21.3 Å². The maximum Gasteiger partial charge on any atom is 0.243 e. The third-order valence-corrected chi connectivity index (χ3v) is 3.73. The number of hydrogen-bond donors (Lipinski definition) is 2. The Morgan fingerprint density at radius 3 is 2.89 bits per heavy atom. The number of aromatic nitrogens is 2. The summed E-state index contributed by atoms with van der Waals surface area (Å²) in [5, 5.41) is 12.6. The number of nitrogens with zero attached hydrogens (tertiary/aromatic N) is 2. The van der Waals surface area contributed by atoms with Crippen LogP contribution in [0, 0.1) is 0 Å². The molecular weight excluding hydrogens is 270 g/mol. The number of aryl methyl sites for hydroxylation is 1. The van der Waals surface area contributed by atoms with E-state index in [1.165, 1.54) is 17.1 Å². The highest BCUT2D eigenvalue weighted by molar-refractivity contribution is 7.89. The first-order valence-electron chi connectivity index (χ1n) is 6.20. The number of rotatable bonds is 9. The Kier molecular flexibility index (Phi) is 6.43. The molecule has 1 aromatic rings. The number of nitrogens with one attached hydrogen (secondary N) is 1. The van der Waals surface area contributed by atoms with Gasteiger partial charge in [-0.2, -0.15) is 5.10 Å². The summed E-state index contributed by atoms with van der Waals surface area (Å²) >= 11 is 0. The molecule has 1 heterocycles. The number of hydrogen-bond acceptors (Lipinski definition) is 5. The molecule has 7 nitrogen and oxygen atoms in total. The van der Waals surface area contributed by atoms with E-state index in [0.717, 1.165) is 0 Å². The van der Waals surface area contributed by atoms with Gasteiger partial charge in [0.05, 0.1) is 18.9 Å². The Morgan fingerprint density at radius 1 is 1.53 bits per heavy atom. The fourth-order valence-corrected chi connectivity index (χ4v) is 2.36. The standard InChI is InChI=1S/C11H21N3O4S/c1-10(2)18-7-4-13-19(16,17)11-8-12-14(9-11)5-3-6-15/h8-10,13,15H,3-7H2,1-2H3. The first-order chi connectivity index (χ1) is 8.95. The summed E-state index contributed by atoms with van der Waals surface area (Å²) in [5.41, 5.74) is 0. The normalized spacial score (nSPS) is 12.2. The first kappa shape index (κ1) is 16.1. The van der Waals surface area contributed by atoms with E-state index >= 15 is 0 Å². The summed E-state index contributed by atoms with van der Waals surface area (Å²) in [6.45, 7) is 4.87. The molecule has 19 heavy (non-hydrogen) atoms. The van der Waals surface area contributed by atoms with E-state index in [-0.39, 0.29) is 24.2 Å². The maximum atomic E-state index is 11.9. The molecule has 0 atom stereocenters. The van der Waals surface area contributed by atoms with Crippen LogP contribution in [0.25, 0.3) is 0 Å². The number of aliphatic hydroxyl groups is 1. The van der Waals surface area contributed by atoms with Crippen LogP contribution in [0.5, 0.6) is 0 Å². The second-order valence-corrected chi connectivity index (χ2v) is 6.10. The van der Waals surface area contributed by atoms with Crippen LogP contribution in [0.1, 0.15) is 20.3 Å². The van der Waals surface area contributed by atoms with Gasteiger partial charge in [-0.05, 0) is 20.3 Å². The average Bonchev–Trinajstić information content (AvgIpc) is 2.81. The summed E-state index contributed by atoms with van der Waals surface area (Å²) in [6, 6.07) is 0. The van der Waals surface area contributed by atoms with E-state index < -0.39 is 10.0 Å². The molecular formula is C11H21N3O4S. The Hall–Kier alpha value is -0.960. The molecule has 0 radical (unpaired) electrons. The molecule has 0 unspecified atom stereocenters. The van der Waals surface area contributed by atoms with Crippen LogP contribution in [0.3, 0.4) is 0 Å². The van der Waals surface area contributed by atoms with Crippen LogP contribution in [0.4, 0.5) is 0 Å². The fraction of sp³-hybridized carbons (Fsp3) is 0.727. The van der Waals surface area contributed by atoms with Gasteiger partial charge in [0.2, 0.25) is 10.0 Å². The number of ether oxygens (including phenoxy) is 1. The van der Waals surface area contributed by atoms with Gasteiger partial charge in [0, 0.05) is 25.9 Å². The topological polar surface area (TPSA) is 93.5 Å². The van der Waals surface area contributed by atoms with Gasteiger partial charge in [-0.25, -0.2) is 13.1 Å². The molecule has 0 amide bonds. The van der Waals surface area contributed by atoms with Gasteiger partial charge in [-0.1, -0.05) is 0 Å². The van der Waals surface area contributed by atoms with Gasteiger partial charge >= 0.3 is 0 Å². The van der Waals surface area contributed by atoms with Gasteiger partial charge in [-0.15, -0.1) is 0 Å². The van der Waals surface area contributed by atoms with Crippen LogP contribution in [-0.4, -0.2) is 49.2 Å². The lowest BCUT2D eigenvalue weighted by Crippen LogP contribution is -2.28. The minimum absolute atomic E-state index is 0.0483. The lowest BCUT2D eigenvalue weighted by molar-refractivity contribution is 0.0834. The van der Waals surface area contributed by atoms with Gasteiger partial charge in [0.15, 0.2) is 0 Å². The molecule has 0 aliphatic rings. The molecule has 0 aliphatic carbocycles. The van der Waals surface area contributed by atoms with Gasteiger partial charge in [0.1, 0.15) is 4.90 Å². The Labute approximate surface area is 113 Å². The van der Waals surface area contributed by atoms with Crippen molar-refractivity contribution in [2.45, 2.75) is 37.8 Å². The van der Waals surface area contributed by atoms with E-state index in [0.29, 0.717) is 19.6 Å². The molecule has 8 heteroatoms. The van der Waals surface area contributed by atoms with Crippen molar-refractivity contribution in [2.75, 3.05) is 19.8 Å². The first-order valence-corrected chi connectivity index (χ1v) is 7.68. The number of aliphatic hydroxyl groups excluding tert-OH is 1. The predicted octanol–water partition coefficient (Wildman–Crippen LogP) is -0.0312. The van der Waals surface area contributed by atoms with Crippen LogP contribution >= 0.6 is 0 Å². The molecule has 1 aromatic heterocycles. The highest BCUT2D eigenvalue weighted by Gasteiger charge is 2.15. The van der Waals surface area contributed by atoms with Gasteiger partial charge in [0.25, 0.3) is 0 Å². The highest BCUT2D eigenvalue weighted by atomic mass is 32.2. The minimum Gasteiger partial charge on any atom is -0.396 e. The van der Waals surface area contributed by atoms with E-state index in [1.807, 2.05) is 13.8 Å². The van der Waals surface area contributed by atoms with Crippen molar-refractivity contribution in [1.82, 2.24) is 14.5 Å². The molecule has 0 bridgehead atoms. The van der Waals surface area contributed by atoms with Crippen molar-refractivity contribution >= 4 is 10.0 Å². The third kappa shape index (κ3) is 5.68. The molecule has 0 aromatic carbocycles. The lowest BCUT2D eigenvalue weighted by Gasteiger charge is -2.08. The summed E-state index contributed by atoms with van der Waals surface area (Å²) in [4.78, 5) is 0.120. The van der Waals surface area contributed by atoms with Crippen LogP contribution in [0.2, 0.25) is 0 Å². The third-order valence-electron chi connectivity index (χ3n) is 2.31. The fourth-order valence-electron chi connectivity index (χ4n) is 1.39. The minimum atomic E-state index is -3.54. The second-order valence-electron chi connectivity index (χ2n) is 4.33. The smallest absolute Gasteiger partial charge is 0.243 e. The molecule has 2 N–H and O–H groups in total. The second kappa shape index (κ2) is 7.59. The largest absolute Gasteiger partial charge is 0.396 e. The van der Waals surface area contributed by atoms with Crippen molar-refractivity contribution in [2.24, 2.45) is 0 Å². The molecule has 0 saturated heterocycles. The van der Waals surface area contributed by atoms with Crippen molar-refractivity contribution < 1.29 is 18.3 Å². The van der Waals surface area contributed by atoms with E-state index in [2.05, 4.69) is 9.82 Å². The molecule has 0 spiro atoms. The van der Waals surface area contributed by atoms with Gasteiger partial charge in [-0.3, -0.25) is 4.68 Å². The van der Waals surface area contributed by atoms with Crippen molar-refractivity contribution in [3.05, 3.63) is 12.4 Å². The molecule has 0 aliphatic heterocycles. The number of sulfonamides is 1. The molecule has 110 valence electrons. The van der Waals surface area contributed by atoms with E-state index in [9.17, 15) is 8.42 Å². The summed E-state index contributed by atoms with van der Waals surface area (Å²) in [7, 11) is -3.54.